The van der Waals surface area contributed by atoms with Crippen LogP contribution < -0.4 is 0 Å². The van der Waals surface area contributed by atoms with E-state index in [1.54, 1.807) is 0 Å². The zero-order valence-electron chi connectivity index (χ0n) is 17.3. The second kappa shape index (κ2) is 22.0. The van der Waals surface area contributed by atoms with Crippen LogP contribution in [0.4, 0.5) is 0 Å². The van der Waals surface area contributed by atoms with Gasteiger partial charge in [-0.3, -0.25) is 4.79 Å². The molecule has 26 heavy (non-hydrogen) atoms. The Bertz CT molecular complexity index is 332. The van der Waals surface area contributed by atoms with E-state index in [9.17, 15) is 9.59 Å². The molecule has 0 aliphatic carbocycles. The first-order chi connectivity index (χ1) is 12.1. The molecule has 0 aliphatic rings. The number of aliphatic hydroxyl groups excluding tert-OH is 1. The monoisotopic (exact) mass is 494 g/mol. The number of unbranched alkanes of at least 4 members (excludes halogenated alkanes) is 14. The Morgan fingerprint density at radius 2 is 1.08 bits per heavy atom. The zero-order chi connectivity index (χ0) is 18.8. The minimum Gasteiger partial charge on any atom is -0.391 e. The maximum Gasteiger partial charge on any atom is 0.342 e. The molecule has 0 spiro atoms. The van der Waals surface area contributed by atoms with Crippen molar-refractivity contribution in [2.24, 2.45) is 0 Å². The fourth-order valence-corrected chi connectivity index (χ4v) is 2.89. The Morgan fingerprint density at radius 1 is 0.731 bits per heavy atom. The van der Waals surface area contributed by atoms with Crippen molar-refractivity contribution in [3.8, 4) is 0 Å². The van der Waals surface area contributed by atoms with Crippen LogP contribution in [0.15, 0.2) is 0 Å². The molecule has 0 fully saturated rings. The van der Waals surface area contributed by atoms with Crippen LogP contribution in [-0.4, -0.2) is 72.0 Å². The Kier molecular flexibility index (Phi) is 24.4. The summed E-state index contributed by atoms with van der Waals surface area (Å²) in [4.78, 5) is 22.4. The predicted molar refractivity (Wildman–Crippen MR) is 108 cm³/mol. The number of rotatable bonds is 17. The third kappa shape index (κ3) is 21.0. The molecule has 0 rings (SSSR count). The summed E-state index contributed by atoms with van der Waals surface area (Å²) in [6.07, 6.45) is 18.2. The van der Waals surface area contributed by atoms with Gasteiger partial charge in [-0.1, -0.05) is 96.8 Å². The van der Waals surface area contributed by atoms with Crippen LogP contribution in [0.3, 0.4) is 0 Å². The van der Waals surface area contributed by atoms with Crippen LogP contribution in [0.1, 0.15) is 117 Å². The number of hydrogen-bond acceptors (Lipinski definition) is 4. The van der Waals surface area contributed by atoms with Gasteiger partial charge in [0.25, 0.3) is 0 Å². The summed E-state index contributed by atoms with van der Waals surface area (Å²) in [7, 11) is 0. The van der Waals surface area contributed by atoms with Crippen LogP contribution >= 0.6 is 0 Å². The fourth-order valence-electron chi connectivity index (χ4n) is 2.89. The van der Waals surface area contributed by atoms with Gasteiger partial charge in [0.2, 0.25) is 0 Å². The molecule has 0 aromatic carbocycles. The van der Waals surface area contributed by atoms with Gasteiger partial charge >= 0.3 is 11.9 Å². The topological polar surface area (TPSA) is 63.6 Å². The minimum absolute atomic E-state index is 0. The first-order valence-electron chi connectivity index (χ1n) is 10.5. The average Bonchev–Trinajstić information content (AvgIpc) is 2.58. The molecular weight excluding hydrogens is 454 g/mol. The molecule has 0 aliphatic heterocycles. The zero-order valence-corrected chi connectivity index (χ0v) is 21.7. The first kappa shape index (κ1) is 28.9. The van der Waals surface area contributed by atoms with Gasteiger partial charge in [-0.25, -0.2) is 4.79 Å². The van der Waals surface area contributed by atoms with Crippen LogP contribution in [0.5, 0.6) is 0 Å². The molecular formula is C21H40BaO4. The van der Waals surface area contributed by atoms with E-state index in [1.165, 1.54) is 84.0 Å². The van der Waals surface area contributed by atoms with Gasteiger partial charge < -0.3 is 9.84 Å². The van der Waals surface area contributed by atoms with Crippen molar-refractivity contribution in [3.05, 3.63) is 0 Å². The smallest absolute Gasteiger partial charge is 0.342 e. The quantitative estimate of drug-likeness (QED) is 0.129. The number of hydrogen-bond donors (Lipinski definition) is 1. The van der Waals surface area contributed by atoms with E-state index in [2.05, 4.69) is 11.7 Å². The maximum absolute atomic E-state index is 11.3. The maximum atomic E-state index is 11.3. The van der Waals surface area contributed by atoms with E-state index in [1.807, 2.05) is 0 Å². The summed E-state index contributed by atoms with van der Waals surface area (Å²) in [5.74, 6) is -1.38. The Labute approximate surface area is 201 Å². The van der Waals surface area contributed by atoms with Crippen molar-refractivity contribution in [2.45, 2.75) is 123 Å². The van der Waals surface area contributed by atoms with Crippen LogP contribution in [0.2, 0.25) is 0 Å². The summed E-state index contributed by atoms with van der Waals surface area (Å²) < 4.78 is 4.50. The van der Waals surface area contributed by atoms with Gasteiger partial charge in [-0.05, 0) is 13.3 Å². The fraction of sp³-hybridized carbons (Fsp3) is 0.905. The van der Waals surface area contributed by atoms with E-state index < -0.39 is 18.0 Å². The number of carbonyl (C=O) groups excluding carboxylic acids is 2. The predicted octanol–water partition coefficient (Wildman–Crippen LogP) is 5.32. The SMILES string of the molecule is CCCCCCCCCCCCCCCCCC(=O)OC(=O)C(C)O.[Ba]. The minimum atomic E-state index is -1.23. The summed E-state index contributed by atoms with van der Waals surface area (Å²) >= 11 is 0. The molecule has 1 unspecified atom stereocenters. The summed E-state index contributed by atoms with van der Waals surface area (Å²) in [5, 5.41) is 8.95. The molecule has 4 nitrogen and oxygen atoms in total. The summed E-state index contributed by atoms with van der Waals surface area (Å²) in [6.45, 7) is 3.55. The van der Waals surface area contributed by atoms with Crippen molar-refractivity contribution >= 4 is 60.8 Å². The molecule has 0 amide bonds. The van der Waals surface area contributed by atoms with Crippen LogP contribution in [0, 0.1) is 0 Å². The van der Waals surface area contributed by atoms with Gasteiger partial charge in [-0.2, -0.15) is 0 Å². The number of aliphatic hydroxyl groups is 1. The first-order valence-corrected chi connectivity index (χ1v) is 10.5. The van der Waals surface area contributed by atoms with Crippen molar-refractivity contribution in [2.75, 3.05) is 0 Å². The Balaban J connectivity index is 0. The Hall–Kier alpha value is 0.671. The number of ether oxygens (including phenoxy) is 1. The summed E-state index contributed by atoms with van der Waals surface area (Å²) in [6, 6.07) is 0. The Morgan fingerprint density at radius 3 is 1.42 bits per heavy atom. The third-order valence-corrected chi connectivity index (χ3v) is 4.54. The van der Waals surface area contributed by atoms with Crippen LogP contribution in [-0.2, 0) is 14.3 Å². The molecule has 0 aromatic heterocycles. The number of esters is 2. The van der Waals surface area contributed by atoms with Gasteiger partial charge in [0, 0.05) is 55.3 Å². The van der Waals surface area contributed by atoms with Crippen molar-refractivity contribution in [1.29, 1.82) is 0 Å². The molecule has 2 radical (unpaired) electrons. The molecule has 1 atom stereocenters. The second-order valence-electron chi connectivity index (χ2n) is 7.17. The standard InChI is InChI=1S/C21H40O4.Ba/c1-3-4-5-6-7-8-9-10-11-12-13-14-15-16-17-18-20(23)25-21(24)19(2)22;/h19,22H,3-18H2,1-2H3;. The van der Waals surface area contributed by atoms with Crippen molar-refractivity contribution in [1.82, 2.24) is 0 Å². The van der Waals surface area contributed by atoms with Crippen molar-refractivity contribution < 1.29 is 19.4 Å². The van der Waals surface area contributed by atoms with Gasteiger partial charge in [0.15, 0.2) is 0 Å². The van der Waals surface area contributed by atoms with E-state index in [0.717, 1.165) is 19.3 Å². The van der Waals surface area contributed by atoms with E-state index >= 15 is 0 Å². The molecule has 1 N–H and O–H groups in total. The van der Waals surface area contributed by atoms with Crippen LogP contribution in [0.25, 0.3) is 0 Å². The largest absolute Gasteiger partial charge is 0.391 e. The van der Waals surface area contributed by atoms with E-state index in [-0.39, 0.29) is 55.3 Å². The van der Waals surface area contributed by atoms with Gasteiger partial charge in [0.05, 0.1) is 0 Å². The second-order valence-corrected chi connectivity index (χ2v) is 7.17. The van der Waals surface area contributed by atoms with E-state index in [4.69, 9.17) is 5.11 Å². The average molecular weight is 494 g/mol. The molecule has 0 saturated carbocycles. The van der Waals surface area contributed by atoms with E-state index in [0.29, 0.717) is 0 Å². The number of carbonyl (C=O) groups is 2. The summed E-state index contributed by atoms with van der Waals surface area (Å²) in [5.41, 5.74) is 0. The molecule has 0 heterocycles. The van der Waals surface area contributed by atoms with Gasteiger partial charge in [0.1, 0.15) is 6.10 Å². The normalized spacial score (nSPS) is 11.7. The molecule has 5 heteroatoms. The molecule has 150 valence electrons. The van der Waals surface area contributed by atoms with Gasteiger partial charge in [-0.15, -0.1) is 0 Å². The van der Waals surface area contributed by atoms with Crippen molar-refractivity contribution in [3.63, 3.8) is 0 Å². The third-order valence-electron chi connectivity index (χ3n) is 4.54. The molecule has 0 bridgehead atoms. The molecule has 0 aromatic rings. The molecule has 0 saturated heterocycles.